The predicted molar refractivity (Wildman–Crippen MR) is 84.7 cm³/mol. The first-order chi connectivity index (χ1) is 9.81. The molecule has 0 aliphatic heterocycles. The fourth-order valence-electron chi connectivity index (χ4n) is 1.82. The Kier molecular flexibility index (Phi) is 3.62. The first-order valence-electron chi connectivity index (χ1n) is 6.41. The van der Waals surface area contributed by atoms with Crippen molar-refractivity contribution in [3.05, 3.63) is 76.8 Å². The summed E-state index contributed by atoms with van der Waals surface area (Å²) in [6.07, 6.45) is 1.84. The Morgan fingerprint density at radius 3 is 2.40 bits per heavy atom. The number of aryl methyl sites for hydroxylation is 1. The molecule has 0 bridgehead atoms. The molecule has 0 saturated heterocycles. The van der Waals surface area contributed by atoms with Gasteiger partial charge < -0.3 is 0 Å². The molecule has 3 aromatic rings. The molecule has 1 aromatic heterocycles. The van der Waals surface area contributed by atoms with E-state index in [0.717, 1.165) is 21.0 Å². The summed E-state index contributed by atoms with van der Waals surface area (Å²) in [7, 11) is 0. The molecule has 0 aliphatic carbocycles. The number of nitrogens with zero attached hydrogens (tertiary/aromatic N) is 1. The van der Waals surface area contributed by atoms with Crippen molar-refractivity contribution in [2.75, 3.05) is 0 Å². The van der Waals surface area contributed by atoms with Crippen molar-refractivity contribution < 1.29 is 0 Å². The van der Waals surface area contributed by atoms with Crippen molar-refractivity contribution in [2.45, 2.75) is 6.92 Å². The van der Waals surface area contributed by atoms with E-state index in [4.69, 9.17) is 0 Å². The van der Waals surface area contributed by atoms with Crippen molar-refractivity contribution >= 4 is 11.3 Å². The minimum absolute atomic E-state index is 0.990. The fourth-order valence-corrected chi connectivity index (χ4v) is 2.59. The van der Waals surface area contributed by atoms with Crippen LogP contribution in [0.4, 0.5) is 0 Å². The van der Waals surface area contributed by atoms with Gasteiger partial charge in [-0.3, -0.25) is 0 Å². The molecule has 0 unspecified atom stereocenters. The molecule has 0 fully saturated rings. The van der Waals surface area contributed by atoms with Gasteiger partial charge in [0.05, 0.1) is 11.1 Å². The largest absolute Gasteiger partial charge is 0.243 e. The zero-order valence-electron chi connectivity index (χ0n) is 11.1. The van der Waals surface area contributed by atoms with E-state index in [2.05, 4.69) is 48.0 Å². The normalized spacial score (nSPS) is 9.85. The number of hydrogen-bond donors (Lipinski definition) is 0. The second-order valence-electron chi connectivity index (χ2n) is 4.51. The first-order valence-corrected chi connectivity index (χ1v) is 7.23. The van der Waals surface area contributed by atoms with Crippen LogP contribution >= 0.6 is 11.3 Å². The summed E-state index contributed by atoms with van der Waals surface area (Å²) in [5.41, 5.74) is 3.42. The van der Waals surface area contributed by atoms with E-state index in [1.807, 2.05) is 36.5 Å². The molecule has 2 heteroatoms. The Morgan fingerprint density at radius 2 is 1.65 bits per heavy atom. The summed E-state index contributed by atoms with van der Waals surface area (Å²) < 4.78 is 0. The van der Waals surface area contributed by atoms with Gasteiger partial charge in [0.25, 0.3) is 0 Å². The van der Waals surface area contributed by atoms with Crippen molar-refractivity contribution in [2.24, 2.45) is 0 Å². The molecule has 0 spiro atoms. The molecule has 1 nitrogen and oxygen atoms in total. The molecule has 3 rings (SSSR count). The molecule has 96 valence electrons. The van der Waals surface area contributed by atoms with E-state index < -0.39 is 0 Å². The van der Waals surface area contributed by atoms with Crippen LogP contribution in [0.1, 0.15) is 16.0 Å². The van der Waals surface area contributed by atoms with Crippen LogP contribution < -0.4 is 0 Å². The smallest absolute Gasteiger partial charge is 0.124 e. The molecule has 0 aliphatic rings. The summed E-state index contributed by atoms with van der Waals surface area (Å²) in [5, 5.41) is 1.01. The van der Waals surface area contributed by atoms with Gasteiger partial charge in [-0.1, -0.05) is 53.9 Å². The highest BCUT2D eigenvalue weighted by Gasteiger charge is 2.01. The van der Waals surface area contributed by atoms with Crippen molar-refractivity contribution in [3.8, 4) is 22.4 Å². The van der Waals surface area contributed by atoms with E-state index in [0.29, 0.717) is 0 Å². The van der Waals surface area contributed by atoms with E-state index in [1.54, 1.807) is 11.3 Å². The Hall–Kier alpha value is -2.37. The second kappa shape index (κ2) is 5.73. The molecule has 0 radical (unpaired) electrons. The van der Waals surface area contributed by atoms with E-state index in [1.165, 1.54) is 5.56 Å². The van der Waals surface area contributed by atoms with Crippen molar-refractivity contribution in [3.63, 3.8) is 0 Å². The van der Waals surface area contributed by atoms with Gasteiger partial charge in [0, 0.05) is 11.1 Å². The number of rotatable bonds is 1. The first kappa shape index (κ1) is 12.7. The molecule has 2 aromatic carbocycles. The van der Waals surface area contributed by atoms with Crippen LogP contribution in [0.3, 0.4) is 0 Å². The summed E-state index contributed by atoms with van der Waals surface area (Å²) in [6, 6.07) is 18.4. The summed E-state index contributed by atoms with van der Waals surface area (Å²) in [4.78, 5) is 5.42. The van der Waals surface area contributed by atoms with Gasteiger partial charge in [0.1, 0.15) is 5.01 Å². The highest BCUT2D eigenvalue weighted by atomic mass is 32.1. The predicted octanol–water partition coefficient (Wildman–Crippen LogP) is 4.52. The van der Waals surface area contributed by atoms with Crippen molar-refractivity contribution in [1.82, 2.24) is 4.98 Å². The van der Waals surface area contributed by atoms with E-state index in [-0.39, 0.29) is 0 Å². The monoisotopic (exact) mass is 275 g/mol. The number of thiazole rings is 1. The highest BCUT2D eigenvalue weighted by molar-refractivity contribution is 7.15. The lowest BCUT2D eigenvalue weighted by Gasteiger charge is -1.92. The topological polar surface area (TPSA) is 12.9 Å². The van der Waals surface area contributed by atoms with Gasteiger partial charge in [-0.2, -0.15) is 0 Å². The molecule has 0 atom stereocenters. The maximum Gasteiger partial charge on any atom is 0.124 e. The number of aromatic nitrogens is 1. The lowest BCUT2D eigenvalue weighted by molar-refractivity contribution is 1.41. The quantitative estimate of drug-likeness (QED) is 0.595. The Labute approximate surface area is 122 Å². The lowest BCUT2D eigenvalue weighted by atomic mass is 10.1. The third kappa shape index (κ3) is 2.96. The maximum absolute atomic E-state index is 4.43. The SMILES string of the molecule is Cc1ccc(C#Cc2cnc(-c3ccccc3)s2)cc1. The molecule has 1 heterocycles. The molecular weight excluding hydrogens is 262 g/mol. The zero-order valence-corrected chi connectivity index (χ0v) is 11.9. The van der Waals surface area contributed by atoms with Crippen LogP contribution in [0.2, 0.25) is 0 Å². The van der Waals surface area contributed by atoms with Gasteiger partial charge in [0.2, 0.25) is 0 Å². The Bertz CT molecular complexity index is 758. The van der Waals surface area contributed by atoms with Crippen LogP contribution in [0.5, 0.6) is 0 Å². The maximum atomic E-state index is 4.43. The zero-order chi connectivity index (χ0) is 13.8. The van der Waals surface area contributed by atoms with Crippen LogP contribution in [0.15, 0.2) is 60.8 Å². The highest BCUT2D eigenvalue weighted by Crippen LogP contribution is 2.24. The van der Waals surface area contributed by atoms with Crippen LogP contribution in [0.25, 0.3) is 10.6 Å². The van der Waals surface area contributed by atoms with Gasteiger partial charge in [0.15, 0.2) is 0 Å². The van der Waals surface area contributed by atoms with E-state index in [9.17, 15) is 0 Å². The third-order valence-electron chi connectivity index (χ3n) is 2.91. The lowest BCUT2D eigenvalue weighted by Crippen LogP contribution is -1.74. The molecule has 20 heavy (non-hydrogen) atoms. The standard InChI is InChI=1S/C18H13NS/c1-14-7-9-15(10-8-14)11-12-17-13-19-18(20-17)16-5-3-2-4-6-16/h2-10,13H,1H3. The van der Waals surface area contributed by atoms with Gasteiger partial charge in [-0.25, -0.2) is 4.98 Å². The van der Waals surface area contributed by atoms with Crippen LogP contribution in [0, 0.1) is 18.8 Å². The van der Waals surface area contributed by atoms with Crippen molar-refractivity contribution in [1.29, 1.82) is 0 Å². The summed E-state index contributed by atoms with van der Waals surface area (Å²) >= 11 is 1.62. The fraction of sp³-hybridized carbons (Fsp3) is 0.0556. The minimum atomic E-state index is 0.990. The summed E-state index contributed by atoms with van der Waals surface area (Å²) in [5.74, 6) is 6.35. The average molecular weight is 275 g/mol. The molecule has 0 N–H and O–H groups in total. The van der Waals surface area contributed by atoms with Gasteiger partial charge >= 0.3 is 0 Å². The Balaban J connectivity index is 1.83. The Morgan fingerprint density at radius 1 is 0.900 bits per heavy atom. The van der Waals surface area contributed by atoms with Crippen LogP contribution in [-0.2, 0) is 0 Å². The second-order valence-corrected chi connectivity index (χ2v) is 5.54. The van der Waals surface area contributed by atoms with Crippen LogP contribution in [-0.4, -0.2) is 4.98 Å². The number of benzene rings is 2. The molecular formula is C18H13NS. The third-order valence-corrected chi connectivity index (χ3v) is 3.87. The minimum Gasteiger partial charge on any atom is -0.243 e. The average Bonchev–Trinajstić information content (AvgIpc) is 2.97. The van der Waals surface area contributed by atoms with Gasteiger partial charge in [-0.05, 0) is 25.0 Å². The number of hydrogen-bond acceptors (Lipinski definition) is 2. The molecule has 0 saturated carbocycles. The summed E-state index contributed by atoms with van der Waals surface area (Å²) in [6.45, 7) is 2.08. The molecule has 0 amide bonds. The van der Waals surface area contributed by atoms with Gasteiger partial charge in [-0.15, -0.1) is 11.3 Å². The van der Waals surface area contributed by atoms with E-state index >= 15 is 0 Å².